The lowest BCUT2D eigenvalue weighted by molar-refractivity contribution is 1.01. The fourth-order valence-electron chi connectivity index (χ4n) is 1.57. The minimum absolute atomic E-state index is 0.731. The lowest BCUT2D eigenvalue weighted by Crippen LogP contribution is -2.14. The van der Waals surface area contributed by atoms with Crippen LogP contribution >= 0.6 is 0 Å². The van der Waals surface area contributed by atoms with Gasteiger partial charge in [-0.15, -0.1) is 0 Å². The van der Waals surface area contributed by atoms with Gasteiger partial charge >= 0.3 is 0 Å². The molecule has 1 aromatic carbocycles. The smallest absolute Gasteiger partial charge is 0.227 e. The Labute approximate surface area is 95.3 Å². The van der Waals surface area contributed by atoms with E-state index < -0.39 is 0 Å². The molecule has 0 aliphatic carbocycles. The molecule has 84 valence electrons. The first-order valence-corrected chi connectivity index (χ1v) is 5.40. The molecule has 2 aromatic rings. The van der Waals surface area contributed by atoms with Crippen molar-refractivity contribution in [2.45, 2.75) is 6.92 Å². The Kier molecular flexibility index (Phi) is 2.90. The topological polar surface area (TPSA) is 41.1 Å². The summed E-state index contributed by atoms with van der Waals surface area (Å²) in [6.45, 7) is 2.92. The lowest BCUT2D eigenvalue weighted by Gasteiger charge is -2.13. The summed E-state index contributed by atoms with van der Waals surface area (Å²) in [5, 5.41) is 4.33. The third-order valence-corrected chi connectivity index (χ3v) is 2.34. The molecule has 0 bridgehead atoms. The number of anilines is 2. The molecular formula is C12H16N4. The maximum absolute atomic E-state index is 4.49. The molecule has 1 heterocycles. The van der Waals surface area contributed by atoms with Crippen molar-refractivity contribution < 1.29 is 0 Å². The fourth-order valence-corrected chi connectivity index (χ4v) is 1.57. The highest BCUT2D eigenvalue weighted by atomic mass is 15.2. The van der Waals surface area contributed by atoms with Gasteiger partial charge < -0.3 is 10.2 Å². The van der Waals surface area contributed by atoms with Crippen molar-refractivity contribution in [2.75, 3.05) is 30.9 Å². The maximum atomic E-state index is 4.49. The van der Waals surface area contributed by atoms with Gasteiger partial charge in [-0.05, 0) is 19.1 Å². The van der Waals surface area contributed by atoms with Crippen LogP contribution in [0.5, 0.6) is 0 Å². The third kappa shape index (κ3) is 1.91. The van der Waals surface area contributed by atoms with Gasteiger partial charge in [-0.2, -0.15) is 4.98 Å². The molecule has 0 radical (unpaired) electrons. The second-order valence-electron chi connectivity index (χ2n) is 3.81. The Morgan fingerprint density at radius 2 is 1.94 bits per heavy atom. The summed E-state index contributed by atoms with van der Waals surface area (Å²) < 4.78 is 0. The summed E-state index contributed by atoms with van der Waals surface area (Å²) in [4.78, 5) is 10.9. The van der Waals surface area contributed by atoms with Gasteiger partial charge in [0.05, 0.1) is 5.52 Å². The Morgan fingerprint density at radius 1 is 1.19 bits per heavy atom. The van der Waals surface area contributed by atoms with Gasteiger partial charge in [-0.3, -0.25) is 0 Å². The van der Waals surface area contributed by atoms with E-state index in [2.05, 4.69) is 22.2 Å². The quantitative estimate of drug-likeness (QED) is 0.853. The predicted octanol–water partition coefficient (Wildman–Crippen LogP) is 2.13. The number of nitrogens with zero attached hydrogens (tertiary/aromatic N) is 3. The van der Waals surface area contributed by atoms with Crippen LogP contribution in [0.4, 0.5) is 11.8 Å². The molecule has 0 atom stereocenters. The molecule has 0 aliphatic rings. The Morgan fingerprint density at radius 3 is 2.62 bits per heavy atom. The lowest BCUT2D eigenvalue weighted by atomic mass is 10.2. The van der Waals surface area contributed by atoms with E-state index in [-0.39, 0.29) is 0 Å². The van der Waals surface area contributed by atoms with Crippen LogP contribution in [0.15, 0.2) is 24.3 Å². The van der Waals surface area contributed by atoms with Crippen molar-refractivity contribution in [1.82, 2.24) is 9.97 Å². The van der Waals surface area contributed by atoms with Crippen molar-refractivity contribution in [3.63, 3.8) is 0 Å². The number of hydrogen-bond donors (Lipinski definition) is 1. The molecule has 0 spiro atoms. The summed E-state index contributed by atoms with van der Waals surface area (Å²) >= 11 is 0. The van der Waals surface area contributed by atoms with E-state index >= 15 is 0 Å². The van der Waals surface area contributed by atoms with Crippen LogP contribution in [0.2, 0.25) is 0 Å². The minimum atomic E-state index is 0.731. The monoisotopic (exact) mass is 216 g/mol. The molecule has 16 heavy (non-hydrogen) atoms. The van der Waals surface area contributed by atoms with Gasteiger partial charge in [0.25, 0.3) is 0 Å². The SMILES string of the molecule is CCNc1nc(N(C)C)nc2ccccc12. The van der Waals surface area contributed by atoms with Gasteiger partial charge in [-0.25, -0.2) is 4.98 Å². The molecule has 0 saturated heterocycles. The number of fused-ring (bicyclic) bond motifs is 1. The van der Waals surface area contributed by atoms with Crippen LogP contribution in [0, 0.1) is 0 Å². The van der Waals surface area contributed by atoms with E-state index in [0.29, 0.717) is 0 Å². The first kappa shape index (κ1) is 10.7. The van der Waals surface area contributed by atoms with Crippen LogP contribution in [0.1, 0.15) is 6.92 Å². The third-order valence-electron chi connectivity index (χ3n) is 2.34. The molecule has 0 amide bonds. The Hall–Kier alpha value is -1.84. The zero-order valence-corrected chi connectivity index (χ0v) is 9.86. The molecule has 1 aromatic heterocycles. The molecule has 4 heteroatoms. The van der Waals surface area contributed by atoms with E-state index in [0.717, 1.165) is 29.2 Å². The molecule has 1 N–H and O–H groups in total. The molecular weight excluding hydrogens is 200 g/mol. The number of hydrogen-bond acceptors (Lipinski definition) is 4. The van der Waals surface area contributed by atoms with Crippen molar-refractivity contribution in [1.29, 1.82) is 0 Å². The normalized spacial score (nSPS) is 10.4. The van der Waals surface area contributed by atoms with Gasteiger partial charge in [0.15, 0.2) is 0 Å². The van der Waals surface area contributed by atoms with E-state index in [1.165, 1.54) is 0 Å². The van der Waals surface area contributed by atoms with Crippen molar-refractivity contribution >= 4 is 22.7 Å². The average Bonchev–Trinajstić information content (AvgIpc) is 2.29. The summed E-state index contributed by atoms with van der Waals surface area (Å²) in [5.74, 6) is 1.63. The highest BCUT2D eigenvalue weighted by Gasteiger charge is 2.07. The Bertz CT molecular complexity index is 493. The van der Waals surface area contributed by atoms with Gasteiger partial charge in [-0.1, -0.05) is 12.1 Å². The zero-order chi connectivity index (χ0) is 11.5. The number of para-hydroxylation sites is 1. The summed E-state index contributed by atoms with van der Waals surface area (Å²) in [7, 11) is 3.89. The van der Waals surface area contributed by atoms with Crippen LogP contribution in [0.25, 0.3) is 10.9 Å². The molecule has 0 fully saturated rings. The van der Waals surface area contributed by atoms with Crippen molar-refractivity contribution in [3.05, 3.63) is 24.3 Å². The number of aromatic nitrogens is 2. The van der Waals surface area contributed by atoms with Gasteiger partial charge in [0.2, 0.25) is 5.95 Å². The van der Waals surface area contributed by atoms with Crippen LogP contribution in [0.3, 0.4) is 0 Å². The largest absolute Gasteiger partial charge is 0.370 e. The van der Waals surface area contributed by atoms with Gasteiger partial charge in [0, 0.05) is 26.0 Å². The predicted molar refractivity (Wildman–Crippen MR) is 68.0 cm³/mol. The van der Waals surface area contributed by atoms with Crippen molar-refractivity contribution in [2.24, 2.45) is 0 Å². The van der Waals surface area contributed by atoms with Crippen LogP contribution in [-0.4, -0.2) is 30.6 Å². The second-order valence-corrected chi connectivity index (χ2v) is 3.81. The molecule has 0 saturated carbocycles. The fraction of sp³-hybridized carbons (Fsp3) is 0.333. The maximum Gasteiger partial charge on any atom is 0.227 e. The highest BCUT2D eigenvalue weighted by Crippen LogP contribution is 2.22. The first-order chi connectivity index (χ1) is 7.72. The standard InChI is InChI=1S/C12H16N4/c1-4-13-11-9-7-5-6-8-10(9)14-12(15-11)16(2)3/h5-8H,4H2,1-3H3,(H,13,14,15). The number of nitrogens with one attached hydrogen (secondary N) is 1. The van der Waals surface area contributed by atoms with E-state index in [4.69, 9.17) is 0 Å². The van der Waals surface area contributed by atoms with E-state index in [1.807, 2.05) is 43.3 Å². The van der Waals surface area contributed by atoms with E-state index in [1.54, 1.807) is 0 Å². The summed E-state index contributed by atoms with van der Waals surface area (Å²) in [6, 6.07) is 8.03. The second kappa shape index (κ2) is 4.35. The van der Waals surface area contributed by atoms with Crippen molar-refractivity contribution in [3.8, 4) is 0 Å². The summed E-state index contributed by atoms with van der Waals surface area (Å²) in [6.07, 6.45) is 0. The molecule has 2 rings (SSSR count). The molecule has 0 unspecified atom stereocenters. The first-order valence-electron chi connectivity index (χ1n) is 5.40. The zero-order valence-electron chi connectivity index (χ0n) is 9.86. The van der Waals surface area contributed by atoms with Crippen LogP contribution < -0.4 is 10.2 Å². The van der Waals surface area contributed by atoms with Crippen LogP contribution in [-0.2, 0) is 0 Å². The number of rotatable bonds is 3. The highest BCUT2D eigenvalue weighted by molar-refractivity contribution is 5.90. The average molecular weight is 216 g/mol. The molecule has 4 nitrogen and oxygen atoms in total. The minimum Gasteiger partial charge on any atom is -0.370 e. The Balaban J connectivity index is 2.63. The number of benzene rings is 1. The summed E-state index contributed by atoms with van der Waals surface area (Å²) in [5.41, 5.74) is 0.970. The van der Waals surface area contributed by atoms with Gasteiger partial charge in [0.1, 0.15) is 5.82 Å². The van der Waals surface area contributed by atoms with E-state index in [9.17, 15) is 0 Å². The molecule has 0 aliphatic heterocycles.